The van der Waals surface area contributed by atoms with E-state index in [0.717, 1.165) is 22.1 Å². The van der Waals surface area contributed by atoms with E-state index < -0.39 is 0 Å². The van der Waals surface area contributed by atoms with E-state index in [1.54, 1.807) is 0 Å². The van der Waals surface area contributed by atoms with Crippen LogP contribution in [0.2, 0.25) is 0 Å². The van der Waals surface area contributed by atoms with Crippen molar-refractivity contribution in [1.82, 2.24) is 14.8 Å². The highest BCUT2D eigenvalue weighted by atomic mass is 32.2. The van der Waals surface area contributed by atoms with Crippen LogP contribution >= 0.6 is 11.8 Å². The first-order chi connectivity index (χ1) is 12.4. The number of benzene rings is 2. The quantitative estimate of drug-likeness (QED) is 0.483. The third kappa shape index (κ3) is 4.05. The summed E-state index contributed by atoms with van der Waals surface area (Å²) in [5, 5.41) is 9.22. The Bertz CT molecular complexity index is 893. The van der Waals surface area contributed by atoms with E-state index in [9.17, 15) is 4.79 Å². The molecular weight excluding hydrogens is 342 g/mol. The van der Waals surface area contributed by atoms with Crippen molar-refractivity contribution in [3.05, 3.63) is 65.7 Å². The zero-order valence-electron chi connectivity index (χ0n) is 15.6. The van der Waals surface area contributed by atoms with Crippen molar-refractivity contribution in [3.8, 4) is 11.4 Å². The van der Waals surface area contributed by atoms with Crippen molar-refractivity contribution < 1.29 is 4.79 Å². The summed E-state index contributed by atoms with van der Waals surface area (Å²) in [6.07, 6.45) is 0. The Morgan fingerprint density at radius 1 is 1.00 bits per heavy atom. The molecule has 0 fully saturated rings. The molecule has 26 heavy (non-hydrogen) atoms. The number of hydrogen-bond acceptors (Lipinski definition) is 4. The standard InChI is InChI=1S/C21H23N3OS/c1-21(2,3)17-12-10-15(11-13-17)18(25)14-26-20-23-22-19(24(20)4)16-8-6-5-7-9-16/h5-13H,14H2,1-4H3. The Labute approximate surface area is 158 Å². The largest absolute Gasteiger partial charge is 0.305 e. The second kappa shape index (κ2) is 7.46. The Morgan fingerprint density at radius 2 is 1.65 bits per heavy atom. The van der Waals surface area contributed by atoms with Crippen LogP contribution in [0.5, 0.6) is 0 Å². The number of thioether (sulfide) groups is 1. The predicted molar refractivity (Wildman–Crippen MR) is 107 cm³/mol. The molecule has 0 N–H and O–H groups in total. The van der Waals surface area contributed by atoms with Crippen LogP contribution < -0.4 is 0 Å². The Morgan fingerprint density at radius 3 is 2.27 bits per heavy atom. The molecule has 0 aliphatic heterocycles. The summed E-state index contributed by atoms with van der Waals surface area (Å²) >= 11 is 1.42. The molecule has 0 unspecified atom stereocenters. The van der Waals surface area contributed by atoms with E-state index in [0.29, 0.717) is 5.75 Å². The molecular formula is C21H23N3OS. The zero-order chi connectivity index (χ0) is 18.7. The molecule has 134 valence electrons. The van der Waals surface area contributed by atoms with Crippen LogP contribution in [0.1, 0.15) is 36.7 Å². The van der Waals surface area contributed by atoms with Crippen LogP contribution in [0.25, 0.3) is 11.4 Å². The summed E-state index contributed by atoms with van der Waals surface area (Å²) in [6, 6.07) is 17.8. The van der Waals surface area contributed by atoms with Gasteiger partial charge in [0.15, 0.2) is 16.8 Å². The van der Waals surface area contributed by atoms with Gasteiger partial charge >= 0.3 is 0 Å². The summed E-state index contributed by atoms with van der Waals surface area (Å²) in [4.78, 5) is 12.5. The van der Waals surface area contributed by atoms with E-state index in [4.69, 9.17) is 0 Å². The van der Waals surface area contributed by atoms with Crippen LogP contribution in [0.4, 0.5) is 0 Å². The molecule has 0 aliphatic carbocycles. The van der Waals surface area contributed by atoms with Gasteiger partial charge in [-0.2, -0.15) is 0 Å². The van der Waals surface area contributed by atoms with Crippen LogP contribution in [-0.4, -0.2) is 26.3 Å². The molecule has 0 radical (unpaired) electrons. The maximum Gasteiger partial charge on any atom is 0.191 e. The van der Waals surface area contributed by atoms with E-state index >= 15 is 0 Å². The van der Waals surface area contributed by atoms with Gasteiger partial charge in [-0.15, -0.1) is 10.2 Å². The minimum atomic E-state index is 0.0861. The second-order valence-corrected chi connectivity index (χ2v) is 8.21. The highest BCUT2D eigenvalue weighted by Gasteiger charge is 2.16. The molecule has 0 spiro atoms. The van der Waals surface area contributed by atoms with Crippen molar-refractivity contribution in [2.45, 2.75) is 31.3 Å². The first-order valence-electron chi connectivity index (χ1n) is 8.57. The minimum Gasteiger partial charge on any atom is -0.305 e. The Hall–Kier alpha value is -2.40. The van der Waals surface area contributed by atoms with Crippen molar-refractivity contribution in [3.63, 3.8) is 0 Å². The Balaban J connectivity index is 1.68. The van der Waals surface area contributed by atoms with E-state index in [-0.39, 0.29) is 11.2 Å². The molecule has 0 saturated heterocycles. The molecule has 4 nitrogen and oxygen atoms in total. The fraction of sp³-hybridized carbons (Fsp3) is 0.286. The smallest absolute Gasteiger partial charge is 0.191 e. The molecule has 3 rings (SSSR count). The lowest BCUT2D eigenvalue weighted by atomic mass is 9.86. The van der Waals surface area contributed by atoms with E-state index in [1.807, 2.05) is 66.2 Å². The van der Waals surface area contributed by atoms with Gasteiger partial charge in [0.1, 0.15) is 0 Å². The topological polar surface area (TPSA) is 47.8 Å². The molecule has 5 heteroatoms. The van der Waals surface area contributed by atoms with Gasteiger partial charge in [0.05, 0.1) is 5.75 Å². The second-order valence-electron chi connectivity index (χ2n) is 7.27. The summed E-state index contributed by atoms with van der Waals surface area (Å²) in [6.45, 7) is 6.49. The molecule has 1 heterocycles. The molecule has 0 atom stereocenters. The van der Waals surface area contributed by atoms with Crippen LogP contribution in [0.15, 0.2) is 59.8 Å². The predicted octanol–water partition coefficient (Wildman–Crippen LogP) is 4.75. The van der Waals surface area contributed by atoms with Gasteiger partial charge in [0, 0.05) is 18.2 Å². The van der Waals surface area contributed by atoms with Gasteiger partial charge in [0.2, 0.25) is 0 Å². The summed E-state index contributed by atoms with van der Waals surface area (Å²) < 4.78 is 1.93. The van der Waals surface area contributed by atoms with Gasteiger partial charge in [-0.25, -0.2) is 0 Å². The fourth-order valence-electron chi connectivity index (χ4n) is 2.65. The van der Waals surface area contributed by atoms with Gasteiger partial charge < -0.3 is 4.57 Å². The normalized spacial score (nSPS) is 11.5. The van der Waals surface area contributed by atoms with Gasteiger partial charge in [0.25, 0.3) is 0 Å². The Kier molecular flexibility index (Phi) is 5.28. The average Bonchev–Trinajstić information content (AvgIpc) is 3.00. The molecule has 0 bridgehead atoms. The van der Waals surface area contributed by atoms with E-state index in [1.165, 1.54) is 17.3 Å². The fourth-order valence-corrected chi connectivity index (χ4v) is 3.45. The minimum absolute atomic E-state index is 0.0861. The van der Waals surface area contributed by atoms with Crippen LogP contribution in [0, 0.1) is 0 Å². The van der Waals surface area contributed by atoms with Crippen molar-refractivity contribution in [1.29, 1.82) is 0 Å². The number of carbonyl (C=O) groups is 1. The summed E-state index contributed by atoms with van der Waals surface area (Å²) in [5.41, 5.74) is 3.06. The number of nitrogens with zero attached hydrogens (tertiary/aromatic N) is 3. The zero-order valence-corrected chi connectivity index (χ0v) is 16.4. The number of carbonyl (C=O) groups excluding carboxylic acids is 1. The van der Waals surface area contributed by atoms with Crippen molar-refractivity contribution >= 4 is 17.5 Å². The lowest BCUT2D eigenvalue weighted by Crippen LogP contribution is -2.11. The first kappa shape index (κ1) is 18.4. The monoisotopic (exact) mass is 365 g/mol. The lowest BCUT2D eigenvalue weighted by Gasteiger charge is -2.18. The number of aromatic nitrogens is 3. The maximum absolute atomic E-state index is 12.5. The number of rotatable bonds is 5. The average molecular weight is 366 g/mol. The van der Waals surface area contributed by atoms with Gasteiger partial charge in [-0.1, -0.05) is 87.1 Å². The first-order valence-corrected chi connectivity index (χ1v) is 9.56. The molecule has 3 aromatic rings. The van der Waals surface area contributed by atoms with Crippen molar-refractivity contribution in [2.24, 2.45) is 7.05 Å². The molecule has 1 aromatic heterocycles. The maximum atomic E-state index is 12.5. The van der Waals surface area contributed by atoms with E-state index in [2.05, 4.69) is 31.0 Å². The van der Waals surface area contributed by atoms with Crippen molar-refractivity contribution in [2.75, 3.05) is 5.75 Å². The SMILES string of the molecule is Cn1c(SCC(=O)c2ccc(C(C)(C)C)cc2)nnc1-c1ccccc1. The third-order valence-electron chi connectivity index (χ3n) is 4.27. The number of Topliss-reactive ketones (excluding diaryl/α,β-unsaturated/α-hetero) is 1. The highest BCUT2D eigenvalue weighted by Crippen LogP contribution is 2.25. The van der Waals surface area contributed by atoms with Crippen LogP contribution in [0.3, 0.4) is 0 Å². The molecule has 0 aliphatic rings. The lowest BCUT2D eigenvalue weighted by molar-refractivity contribution is 0.102. The van der Waals surface area contributed by atoms with Crippen LogP contribution in [-0.2, 0) is 12.5 Å². The molecule has 2 aromatic carbocycles. The third-order valence-corrected chi connectivity index (χ3v) is 5.29. The molecule has 0 amide bonds. The summed E-state index contributed by atoms with van der Waals surface area (Å²) in [5.74, 6) is 1.24. The molecule has 0 saturated carbocycles. The number of hydrogen-bond donors (Lipinski definition) is 0. The van der Waals surface area contributed by atoms with Gasteiger partial charge in [-0.05, 0) is 11.0 Å². The highest BCUT2D eigenvalue weighted by molar-refractivity contribution is 7.99. The summed E-state index contributed by atoms with van der Waals surface area (Å²) in [7, 11) is 1.92. The van der Waals surface area contributed by atoms with Gasteiger partial charge in [-0.3, -0.25) is 4.79 Å². The number of ketones is 1.